The van der Waals surface area contributed by atoms with E-state index in [0.29, 0.717) is 24.8 Å². The van der Waals surface area contributed by atoms with Crippen LogP contribution in [0.25, 0.3) is 0 Å². The molecule has 0 amide bonds. The van der Waals surface area contributed by atoms with E-state index in [-0.39, 0.29) is 6.61 Å². The van der Waals surface area contributed by atoms with Crippen LogP contribution in [0.2, 0.25) is 0 Å². The van der Waals surface area contributed by atoms with Gasteiger partial charge in [-0.05, 0) is 30.5 Å². The molecule has 0 spiro atoms. The molecule has 0 heterocycles. The van der Waals surface area contributed by atoms with Crippen LogP contribution in [0.15, 0.2) is 24.3 Å². The largest absolute Gasteiger partial charge is 0.466 e. The summed E-state index contributed by atoms with van der Waals surface area (Å²) < 4.78 is 47.4. The van der Waals surface area contributed by atoms with E-state index in [2.05, 4.69) is 0 Å². The molecule has 0 aliphatic rings. The third-order valence-electron chi connectivity index (χ3n) is 3.11. The Morgan fingerprint density at radius 3 is 2.13 bits per heavy atom. The summed E-state index contributed by atoms with van der Waals surface area (Å²) in [5.74, 6) is -0.875. The monoisotopic (exact) mass is 332 g/mol. The summed E-state index contributed by atoms with van der Waals surface area (Å²) in [6, 6.07) is 4.85. The second kappa shape index (κ2) is 8.55. The molecular weight excluding hydrogens is 313 g/mol. The quantitative estimate of drug-likeness (QED) is 0.717. The molecule has 0 saturated heterocycles. The van der Waals surface area contributed by atoms with Crippen LogP contribution in [0.4, 0.5) is 13.2 Å². The van der Waals surface area contributed by atoms with E-state index in [0.717, 1.165) is 12.1 Å². The van der Waals surface area contributed by atoms with Gasteiger partial charge in [-0.15, -0.1) is 0 Å². The van der Waals surface area contributed by atoms with Gasteiger partial charge < -0.3 is 9.47 Å². The highest BCUT2D eigenvalue weighted by Gasteiger charge is 2.29. The maximum Gasteiger partial charge on any atom is 0.416 e. The standard InChI is InChI=1S/C16H19F3O4/c1-11(20)22-10-9-15(23-12(2)21)8-5-13-3-6-14(7-4-13)16(17,18)19/h3-4,6-7,15H,5,8-10H2,1-2H3. The molecule has 4 nitrogen and oxygen atoms in total. The Bertz CT molecular complexity index is 523. The highest BCUT2D eigenvalue weighted by atomic mass is 19.4. The lowest BCUT2D eigenvalue weighted by atomic mass is 10.0. The lowest BCUT2D eigenvalue weighted by molar-refractivity contribution is -0.149. The van der Waals surface area contributed by atoms with Crippen LogP contribution < -0.4 is 0 Å². The summed E-state index contributed by atoms with van der Waals surface area (Å²) in [6.07, 6.45) is -3.57. The maximum absolute atomic E-state index is 12.5. The second-order valence-electron chi connectivity index (χ2n) is 5.09. The molecule has 0 aliphatic carbocycles. The molecule has 1 atom stereocenters. The lowest BCUT2D eigenvalue weighted by Crippen LogP contribution is -2.20. The highest BCUT2D eigenvalue weighted by Crippen LogP contribution is 2.29. The average Bonchev–Trinajstić information content (AvgIpc) is 2.43. The van der Waals surface area contributed by atoms with E-state index >= 15 is 0 Å². The van der Waals surface area contributed by atoms with Crippen LogP contribution >= 0.6 is 0 Å². The molecule has 1 rings (SSSR count). The van der Waals surface area contributed by atoms with Gasteiger partial charge in [0.2, 0.25) is 0 Å². The third-order valence-corrected chi connectivity index (χ3v) is 3.11. The van der Waals surface area contributed by atoms with Gasteiger partial charge in [0, 0.05) is 20.3 Å². The Kier molecular flexibility index (Phi) is 7.06. The fourth-order valence-electron chi connectivity index (χ4n) is 2.02. The molecule has 1 aromatic rings. The zero-order valence-corrected chi connectivity index (χ0v) is 13.0. The average molecular weight is 332 g/mol. The topological polar surface area (TPSA) is 52.6 Å². The van der Waals surface area contributed by atoms with Crippen molar-refractivity contribution in [1.82, 2.24) is 0 Å². The molecule has 0 fully saturated rings. The van der Waals surface area contributed by atoms with E-state index < -0.39 is 29.8 Å². The number of halogens is 3. The smallest absolute Gasteiger partial charge is 0.416 e. The Balaban J connectivity index is 2.55. The van der Waals surface area contributed by atoms with Crippen molar-refractivity contribution in [1.29, 1.82) is 0 Å². The predicted octanol–water partition coefficient (Wildman–Crippen LogP) is 3.52. The van der Waals surface area contributed by atoms with Crippen LogP contribution in [-0.2, 0) is 31.7 Å². The molecule has 0 saturated carbocycles. The fourth-order valence-corrected chi connectivity index (χ4v) is 2.02. The number of hydrogen-bond acceptors (Lipinski definition) is 4. The number of aryl methyl sites for hydroxylation is 1. The van der Waals surface area contributed by atoms with Gasteiger partial charge >= 0.3 is 18.1 Å². The van der Waals surface area contributed by atoms with Gasteiger partial charge in [-0.2, -0.15) is 13.2 Å². The minimum atomic E-state index is -4.36. The fraction of sp³-hybridized carbons (Fsp3) is 0.500. The summed E-state index contributed by atoms with van der Waals surface area (Å²) in [4.78, 5) is 21.8. The summed E-state index contributed by atoms with van der Waals surface area (Å²) in [5.41, 5.74) is 0.00952. The molecule has 1 aromatic carbocycles. The zero-order chi connectivity index (χ0) is 17.5. The SMILES string of the molecule is CC(=O)OCCC(CCc1ccc(C(F)(F)F)cc1)OC(C)=O. The van der Waals surface area contributed by atoms with Crippen molar-refractivity contribution >= 4 is 11.9 Å². The van der Waals surface area contributed by atoms with Crippen molar-refractivity contribution in [3.05, 3.63) is 35.4 Å². The van der Waals surface area contributed by atoms with Gasteiger partial charge in [0.25, 0.3) is 0 Å². The predicted molar refractivity (Wildman–Crippen MR) is 76.6 cm³/mol. The van der Waals surface area contributed by atoms with Gasteiger partial charge in [0.15, 0.2) is 0 Å². The number of ether oxygens (including phenoxy) is 2. The molecule has 7 heteroatoms. The first-order valence-corrected chi connectivity index (χ1v) is 7.15. The molecule has 23 heavy (non-hydrogen) atoms. The van der Waals surface area contributed by atoms with E-state index in [4.69, 9.17) is 9.47 Å². The lowest BCUT2D eigenvalue weighted by Gasteiger charge is -2.17. The first-order valence-electron chi connectivity index (χ1n) is 7.15. The number of hydrogen-bond donors (Lipinski definition) is 0. The van der Waals surface area contributed by atoms with Gasteiger partial charge in [0.1, 0.15) is 6.10 Å². The highest BCUT2D eigenvalue weighted by molar-refractivity contribution is 5.66. The molecule has 0 radical (unpaired) electrons. The molecule has 0 bridgehead atoms. The number of carbonyl (C=O) groups is 2. The number of esters is 2. The molecule has 0 aromatic heterocycles. The summed E-state index contributed by atoms with van der Waals surface area (Å²) in [6.45, 7) is 2.68. The van der Waals surface area contributed by atoms with Gasteiger partial charge in [-0.3, -0.25) is 9.59 Å². The Labute approximate surface area is 132 Å². The molecule has 128 valence electrons. The van der Waals surface area contributed by atoms with Crippen molar-refractivity contribution in [2.24, 2.45) is 0 Å². The number of rotatable bonds is 7. The Morgan fingerprint density at radius 2 is 1.65 bits per heavy atom. The number of benzene rings is 1. The van der Waals surface area contributed by atoms with Crippen molar-refractivity contribution in [3.63, 3.8) is 0 Å². The van der Waals surface area contributed by atoms with E-state index in [1.165, 1.54) is 26.0 Å². The van der Waals surface area contributed by atoms with Gasteiger partial charge in [0.05, 0.1) is 12.2 Å². The Morgan fingerprint density at radius 1 is 1.04 bits per heavy atom. The maximum atomic E-state index is 12.5. The first kappa shape index (κ1) is 19.0. The van der Waals surface area contributed by atoms with Gasteiger partial charge in [-0.1, -0.05) is 12.1 Å². The number of alkyl halides is 3. The van der Waals surface area contributed by atoms with Crippen molar-refractivity contribution in [3.8, 4) is 0 Å². The van der Waals surface area contributed by atoms with Gasteiger partial charge in [-0.25, -0.2) is 0 Å². The normalized spacial score (nSPS) is 12.6. The minimum Gasteiger partial charge on any atom is -0.466 e. The molecule has 0 N–H and O–H groups in total. The summed E-state index contributed by atoms with van der Waals surface area (Å²) in [7, 11) is 0. The Hall–Kier alpha value is -2.05. The van der Waals surface area contributed by atoms with Crippen LogP contribution in [0, 0.1) is 0 Å². The van der Waals surface area contributed by atoms with Crippen molar-refractivity contribution < 1.29 is 32.2 Å². The summed E-state index contributed by atoms with van der Waals surface area (Å²) in [5, 5.41) is 0. The van der Waals surface area contributed by atoms with Crippen LogP contribution in [0.1, 0.15) is 37.8 Å². The number of carbonyl (C=O) groups excluding carboxylic acids is 2. The van der Waals surface area contributed by atoms with E-state index in [9.17, 15) is 22.8 Å². The van der Waals surface area contributed by atoms with E-state index in [1.54, 1.807) is 0 Å². The summed E-state index contributed by atoms with van der Waals surface area (Å²) >= 11 is 0. The molecule has 1 unspecified atom stereocenters. The second-order valence-corrected chi connectivity index (χ2v) is 5.09. The van der Waals surface area contributed by atoms with Crippen LogP contribution in [-0.4, -0.2) is 24.6 Å². The zero-order valence-electron chi connectivity index (χ0n) is 13.0. The van der Waals surface area contributed by atoms with Crippen molar-refractivity contribution in [2.45, 2.75) is 45.4 Å². The molecule has 0 aliphatic heterocycles. The third kappa shape index (κ3) is 7.67. The first-order chi connectivity index (χ1) is 10.7. The minimum absolute atomic E-state index is 0.125. The molecular formula is C16H19F3O4. The van der Waals surface area contributed by atoms with Crippen LogP contribution in [0.3, 0.4) is 0 Å². The van der Waals surface area contributed by atoms with Crippen LogP contribution in [0.5, 0.6) is 0 Å². The van der Waals surface area contributed by atoms with E-state index in [1.807, 2.05) is 0 Å². The van der Waals surface area contributed by atoms with Crippen molar-refractivity contribution in [2.75, 3.05) is 6.61 Å².